The molecule has 1 saturated heterocycles. The van der Waals surface area contributed by atoms with Gasteiger partial charge in [0.25, 0.3) is 0 Å². The molecule has 1 atom stereocenters. The van der Waals surface area contributed by atoms with Gasteiger partial charge in [-0.15, -0.1) is 10.2 Å². The molecule has 0 spiro atoms. The second-order valence-electron chi connectivity index (χ2n) is 4.75. The Morgan fingerprint density at radius 2 is 2.05 bits per heavy atom. The molecule has 0 bridgehead atoms. The summed E-state index contributed by atoms with van der Waals surface area (Å²) in [5.74, 6) is 0.777. The zero-order chi connectivity index (χ0) is 13.6. The quantitative estimate of drug-likeness (QED) is 0.882. The summed E-state index contributed by atoms with van der Waals surface area (Å²) >= 11 is 0. The van der Waals surface area contributed by atoms with Crippen LogP contribution in [0.5, 0.6) is 0 Å². The lowest BCUT2D eigenvalue weighted by Gasteiger charge is -2.23. The molecule has 0 saturated carbocycles. The van der Waals surface area contributed by atoms with Crippen LogP contribution < -0.4 is 10.6 Å². The van der Waals surface area contributed by atoms with Crippen molar-refractivity contribution in [2.45, 2.75) is 6.10 Å². The summed E-state index contributed by atoms with van der Waals surface area (Å²) in [5, 5.41) is 15.0. The topological polar surface area (TPSA) is 59.1 Å². The van der Waals surface area contributed by atoms with Crippen LogP contribution in [0.3, 0.4) is 0 Å². The van der Waals surface area contributed by atoms with Gasteiger partial charge < -0.3 is 15.4 Å². The van der Waals surface area contributed by atoms with Crippen LogP contribution in [0, 0.1) is 0 Å². The summed E-state index contributed by atoms with van der Waals surface area (Å²) in [5.41, 5.74) is 1.96. The second kappa shape index (κ2) is 6.45. The van der Waals surface area contributed by atoms with Crippen molar-refractivity contribution in [3.8, 4) is 11.3 Å². The molecular weight excluding hydrogens is 252 g/mol. The molecule has 0 aliphatic carbocycles. The minimum atomic E-state index is 0.194. The third-order valence-electron chi connectivity index (χ3n) is 3.25. The summed E-state index contributed by atoms with van der Waals surface area (Å²) in [6.45, 7) is 3.32. The van der Waals surface area contributed by atoms with Gasteiger partial charge in [0.2, 0.25) is 0 Å². The first-order chi connectivity index (χ1) is 9.92. The van der Waals surface area contributed by atoms with Crippen LogP contribution in [0.25, 0.3) is 11.3 Å². The predicted octanol–water partition coefficient (Wildman–Crippen LogP) is 1.54. The Morgan fingerprint density at radius 1 is 1.15 bits per heavy atom. The first-order valence-electron chi connectivity index (χ1n) is 6.87. The summed E-state index contributed by atoms with van der Waals surface area (Å²) in [6, 6.07) is 14.0. The number of nitrogens with zero attached hydrogens (tertiary/aromatic N) is 2. The Morgan fingerprint density at radius 3 is 2.75 bits per heavy atom. The van der Waals surface area contributed by atoms with Gasteiger partial charge in [0.15, 0.2) is 0 Å². The van der Waals surface area contributed by atoms with Gasteiger partial charge in [-0.3, -0.25) is 0 Å². The highest BCUT2D eigenvalue weighted by molar-refractivity contribution is 5.59. The van der Waals surface area contributed by atoms with Gasteiger partial charge in [-0.1, -0.05) is 30.3 Å². The van der Waals surface area contributed by atoms with Crippen molar-refractivity contribution in [3.05, 3.63) is 42.5 Å². The predicted molar refractivity (Wildman–Crippen MR) is 78.6 cm³/mol. The van der Waals surface area contributed by atoms with E-state index >= 15 is 0 Å². The van der Waals surface area contributed by atoms with Crippen LogP contribution in [0.4, 0.5) is 5.82 Å². The minimum absolute atomic E-state index is 0.194. The molecule has 3 rings (SSSR count). The number of nitrogens with one attached hydrogen (secondary N) is 2. The van der Waals surface area contributed by atoms with E-state index in [1.54, 1.807) is 0 Å². The van der Waals surface area contributed by atoms with Crippen molar-refractivity contribution in [3.63, 3.8) is 0 Å². The third-order valence-corrected chi connectivity index (χ3v) is 3.25. The summed E-state index contributed by atoms with van der Waals surface area (Å²) in [7, 11) is 0. The van der Waals surface area contributed by atoms with Crippen LogP contribution in [0.2, 0.25) is 0 Å². The van der Waals surface area contributed by atoms with Gasteiger partial charge in [0.1, 0.15) is 5.82 Å². The molecule has 0 radical (unpaired) electrons. The lowest BCUT2D eigenvalue weighted by Crippen LogP contribution is -2.42. The Hall–Kier alpha value is -1.98. The molecule has 1 aromatic heterocycles. The fraction of sp³-hybridized carbons (Fsp3) is 0.333. The molecule has 104 valence electrons. The fourth-order valence-corrected chi connectivity index (χ4v) is 2.16. The van der Waals surface area contributed by atoms with E-state index in [-0.39, 0.29) is 6.10 Å². The van der Waals surface area contributed by atoms with Crippen molar-refractivity contribution in [1.29, 1.82) is 0 Å². The number of benzene rings is 1. The Kier molecular flexibility index (Phi) is 4.20. The van der Waals surface area contributed by atoms with Crippen molar-refractivity contribution >= 4 is 5.82 Å². The van der Waals surface area contributed by atoms with E-state index in [0.29, 0.717) is 0 Å². The summed E-state index contributed by atoms with van der Waals surface area (Å²) in [4.78, 5) is 0. The maximum Gasteiger partial charge on any atom is 0.148 e. The molecule has 1 fully saturated rings. The normalized spacial score (nSPS) is 18.7. The zero-order valence-corrected chi connectivity index (χ0v) is 11.2. The molecule has 2 aromatic rings. The van der Waals surface area contributed by atoms with Gasteiger partial charge >= 0.3 is 0 Å². The van der Waals surface area contributed by atoms with Crippen LogP contribution in [-0.2, 0) is 4.74 Å². The molecule has 5 nitrogen and oxygen atoms in total. The standard InChI is InChI=1S/C15H18N4O/c1-2-4-12(5-3-1)14-6-7-15(19-18-14)17-11-13-10-16-8-9-20-13/h1-7,13,16H,8-11H2,(H,17,19). The largest absolute Gasteiger partial charge is 0.374 e. The van der Waals surface area contributed by atoms with Crippen LogP contribution in [0.15, 0.2) is 42.5 Å². The Labute approximate surface area is 118 Å². The maximum atomic E-state index is 5.62. The van der Waals surface area contributed by atoms with E-state index in [4.69, 9.17) is 4.74 Å². The molecule has 2 N–H and O–H groups in total. The molecule has 5 heteroatoms. The summed E-state index contributed by atoms with van der Waals surface area (Å²) in [6.07, 6.45) is 0.194. The van der Waals surface area contributed by atoms with Crippen molar-refractivity contribution < 1.29 is 4.74 Å². The van der Waals surface area contributed by atoms with Gasteiger partial charge in [0.05, 0.1) is 18.4 Å². The highest BCUT2D eigenvalue weighted by Crippen LogP contribution is 2.16. The maximum absolute atomic E-state index is 5.62. The zero-order valence-electron chi connectivity index (χ0n) is 11.2. The number of hydrogen-bond acceptors (Lipinski definition) is 5. The number of anilines is 1. The van der Waals surface area contributed by atoms with Gasteiger partial charge in [-0.25, -0.2) is 0 Å². The SMILES string of the molecule is c1ccc(-c2ccc(NCC3CNCCO3)nn2)cc1. The van der Waals surface area contributed by atoms with Gasteiger partial charge in [-0.2, -0.15) is 0 Å². The van der Waals surface area contributed by atoms with Gasteiger partial charge in [0, 0.05) is 25.2 Å². The average Bonchev–Trinajstić information content (AvgIpc) is 2.55. The minimum Gasteiger partial charge on any atom is -0.374 e. The molecule has 2 heterocycles. The fourth-order valence-electron chi connectivity index (χ4n) is 2.16. The van der Waals surface area contributed by atoms with Crippen molar-refractivity contribution in [2.24, 2.45) is 0 Å². The van der Waals surface area contributed by atoms with Crippen LogP contribution in [-0.4, -0.2) is 42.5 Å². The first-order valence-corrected chi connectivity index (χ1v) is 6.87. The number of aromatic nitrogens is 2. The molecule has 0 amide bonds. The van der Waals surface area contributed by atoms with E-state index in [0.717, 1.165) is 43.3 Å². The van der Waals surface area contributed by atoms with E-state index in [1.807, 2.05) is 42.5 Å². The molecule has 1 aromatic carbocycles. The second-order valence-corrected chi connectivity index (χ2v) is 4.75. The van der Waals surface area contributed by atoms with Crippen molar-refractivity contribution in [1.82, 2.24) is 15.5 Å². The first kappa shape index (κ1) is 13.0. The third kappa shape index (κ3) is 3.31. The van der Waals surface area contributed by atoms with E-state index in [9.17, 15) is 0 Å². The molecule has 20 heavy (non-hydrogen) atoms. The van der Waals surface area contributed by atoms with Crippen LogP contribution in [0.1, 0.15) is 0 Å². The van der Waals surface area contributed by atoms with E-state index < -0.39 is 0 Å². The lowest BCUT2D eigenvalue weighted by molar-refractivity contribution is 0.0372. The highest BCUT2D eigenvalue weighted by atomic mass is 16.5. The highest BCUT2D eigenvalue weighted by Gasteiger charge is 2.12. The van der Waals surface area contributed by atoms with Crippen LogP contribution >= 0.6 is 0 Å². The van der Waals surface area contributed by atoms with E-state index in [1.165, 1.54) is 0 Å². The monoisotopic (exact) mass is 270 g/mol. The molecular formula is C15H18N4O. The molecule has 1 aliphatic heterocycles. The number of ether oxygens (including phenoxy) is 1. The number of morpholine rings is 1. The molecule has 1 aliphatic rings. The summed E-state index contributed by atoms with van der Waals surface area (Å²) < 4.78 is 5.62. The number of rotatable bonds is 4. The van der Waals surface area contributed by atoms with E-state index in [2.05, 4.69) is 20.8 Å². The number of hydrogen-bond donors (Lipinski definition) is 2. The smallest absolute Gasteiger partial charge is 0.148 e. The Balaban J connectivity index is 1.58. The Bertz CT molecular complexity index is 523. The molecule has 1 unspecified atom stereocenters. The van der Waals surface area contributed by atoms with Gasteiger partial charge in [-0.05, 0) is 12.1 Å². The lowest BCUT2D eigenvalue weighted by atomic mass is 10.1. The van der Waals surface area contributed by atoms with Crippen molar-refractivity contribution in [2.75, 3.05) is 31.6 Å². The average molecular weight is 270 g/mol.